The van der Waals surface area contributed by atoms with Crippen molar-refractivity contribution < 1.29 is 28.4 Å². The highest BCUT2D eigenvalue weighted by Crippen LogP contribution is 2.39. The molecule has 0 bridgehead atoms. The third-order valence-electron chi connectivity index (χ3n) is 30.6. The third-order valence-corrected chi connectivity index (χ3v) is 30.6. The molecular formula is C142H324O6. The second kappa shape index (κ2) is 107. The SMILES string of the molecule is C.C.C.C.C.C.C.C=C(C)C(C)(C)C.CC(C)(C)C.CC(C)(C)C1CCCCC1.CC(C)C(C)(C)C.CC(C)CC(C)(C)C.CCC(C)(C)C.CCC(C)C(C)(C)C.CCC(C)C(C)(C)C.CCCCCCCC(C)C(C)(C)C.CCOCCC(C)C(C)(C)C.CCOCCCC(C)C(C)(C)C.CCOCCCCC(C)C(C)(C)C.COCCC(C)C(C)(C)C.COCCCC(C)C(C)(C)C.COCCCCC(C)C(C)(C)C. The minimum absolute atomic E-state index is 0. The molecular weight excluding hydrogens is 1800 g/mol. The van der Waals surface area contributed by atoms with Gasteiger partial charge in [-0.25, -0.2) is 0 Å². The Morgan fingerprint density at radius 3 is 0.635 bits per heavy atom. The van der Waals surface area contributed by atoms with Crippen LogP contribution in [-0.2, 0) is 28.4 Å². The van der Waals surface area contributed by atoms with E-state index in [1.54, 1.807) is 21.3 Å². The van der Waals surface area contributed by atoms with Crippen molar-refractivity contribution in [3.05, 3.63) is 12.2 Å². The Morgan fingerprint density at radius 1 is 0.257 bits per heavy atom. The molecule has 1 fully saturated rings. The van der Waals surface area contributed by atoms with Crippen molar-refractivity contribution in [3.8, 4) is 0 Å². The lowest BCUT2D eigenvalue weighted by atomic mass is 9.72. The number of unbranched alkanes of at least 4 members (excludes halogenated alkanes) is 6. The number of allylic oxidation sites excluding steroid dienone is 1. The van der Waals surface area contributed by atoms with Crippen molar-refractivity contribution in [3.63, 3.8) is 0 Å². The first kappa shape index (κ1) is 198. The fourth-order valence-electron chi connectivity index (χ4n) is 11.9. The Labute approximate surface area is 956 Å². The highest BCUT2D eigenvalue weighted by molar-refractivity contribution is 5.00. The summed E-state index contributed by atoms with van der Waals surface area (Å²) < 4.78 is 30.9. The largest absolute Gasteiger partial charge is 0.385 e. The molecule has 1 saturated carbocycles. The number of ether oxygens (including phenoxy) is 6. The maximum atomic E-state index is 5.30. The summed E-state index contributed by atoms with van der Waals surface area (Å²) >= 11 is 0. The first-order valence-electron chi connectivity index (χ1n) is 59.7. The predicted molar refractivity (Wildman–Crippen MR) is 708 cm³/mol. The first-order valence-corrected chi connectivity index (χ1v) is 59.7. The number of hydrogen-bond donors (Lipinski definition) is 0. The van der Waals surface area contributed by atoms with Gasteiger partial charge in [-0.1, -0.05) is 603 Å². The van der Waals surface area contributed by atoms with Gasteiger partial charge in [0.1, 0.15) is 0 Å². The van der Waals surface area contributed by atoms with Gasteiger partial charge in [0.05, 0.1) is 0 Å². The van der Waals surface area contributed by atoms with Gasteiger partial charge in [0.25, 0.3) is 0 Å². The molecule has 0 aromatic heterocycles. The quantitative estimate of drug-likeness (QED) is 0.0460. The summed E-state index contributed by atoms with van der Waals surface area (Å²) in [5.41, 5.74) is 8.39. The molecule has 0 aliphatic heterocycles. The van der Waals surface area contributed by atoms with Gasteiger partial charge in [-0.15, -0.1) is 0 Å². The highest BCUT2D eigenvalue weighted by Gasteiger charge is 2.28. The van der Waals surface area contributed by atoms with E-state index < -0.39 is 0 Å². The van der Waals surface area contributed by atoms with E-state index in [2.05, 4.69) is 457 Å². The monoisotopic (exact) mass is 2130 g/mol. The van der Waals surface area contributed by atoms with Crippen molar-refractivity contribution in [1.29, 1.82) is 0 Å². The van der Waals surface area contributed by atoms with Gasteiger partial charge in [0.2, 0.25) is 0 Å². The molecule has 148 heavy (non-hydrogen) atoms. The van der Waals surface area contributed by atoms with E-state index in [1.807, 2.05) is 13.8 Å². The first-order chi connectivity index (χ1) is 62.8. The molecule has 1 aliphatic rings. The molecule has 1 rings (SSSR count). The van der Waals surface area contributed by atoms with Gasteiger partial charge in [-0.3, -0.25) is 0 Å². The van der Waals surface area contributed by atoms with Crippen LogP contribution in [0.3, 0.4) is 0 Å². The average molecular weight is 2130 g/mol. The van der Waals surface area contributed by atoms with Crippen molar-refractivity contribution in [1.82, 2.24) is 0 Å². The maximum Gasteiger partial charge on any atom is 0.0468 e. The third kappa shape index (κ3) is 176. The summed E-state index contributed by atoms with van der Waals surface area (Å²) in [7, 11) is 5.30. The molecule has 0 saturated heterocycles. The highest BCUT2D eigenvalue weighted by atomic mass is 16.5. The van der Waals surface area contributed by atoms with E-state index in [4.69, 9.17) is 28.4 Å². The van der Waals surface area contributed by atoms with Crippen molar-refractivity contribution >= 4 is 0 Å². The molecule has 928 valence electrons. The van der Waals surface area contributed by atoms with Gasteiger partial charge >= 0.3 is 0 Å². The van der Waals surface area contributed by atoms with Crippen molar-refractivity contribution in [2.75, 3.05) is 80.8 Å². The Balaban J connectivity index is -0.0000000616. The normalized spacial score (nSPS) is 14.2. The molecule has 9 atom stereocenters. The van der Waals surface area contributed by atoms with Gasteiger partial charge in [0.15, 0.2) is 0 Å². The van der Waals surface area contributed by atoms with Gasteiger partial charge < -0.3 is 28.4 Å². The molecule has 0 aromatic carbocycles. The Bertz CT molecular complexity index is 2360. The minimum Gasteiger partial charge on any atom is -0.385 e. The summed E-state index contributed by atoms with van der Waals surface area (Å²) in [6.45, 7) is 164. The molecule has 0 aromatic rings. The summed E-state index contributed by atoms with van der Waals surface area (Å²) in [5, 5.41) is 0. The lowest BCUT2D eigenvalue weighted by Crippen LogP contribution is -2.22. The zero-order chi connectivity index (χ0) is 116. The number of hydrogen-bond acceptors (Lipinski definition) is 6. The fourth-order valence-corrected chi connectivity index (χ4v) is 11.9. The standard InChI is InChI=1S/C13H28.C12H26O.2C11H24O.2C10H22O.C10H20.C9H20O.3C8H18.C7H16.C7H14.C6H14.C5H12.7CH4/c1-6-7-8-9-10-11-12(2)13(3,4)5;1-6-13-10-8-7-9-11(2)12(3,4)5;1-10(11(2,3)4)8-6-7-9-12-5;1-6-12-9-7-8-10(2)11(3,4)5;1-9(10(2,3)4)7-6-8-11-5;1-6-11-8-7-9(2)10(3,4)5;1-10(2,3)9-7-5-4-6-8-9;1-8(6-7-10-5)9(2,3)4;1-7(2)6-8(3,4)5;2*1-6-7(2)8(3,4)5;2*1-6(2)7(3,4)5;1-5-6(2,3)4;1-5(2,3)4;;;;;;;/h12H,6-11H2,1-5H3;11H,6-10H2,1-5H3;2*10H,6-9H2,1-5H3;2*9H,6-8H2,1-5H3;9H,4-8H2,1-3H3;8H,6-7H2,1-5H3;3*7H,6H2,1-5H3;6H,1-5H3;1H2,2-5H3;5H2,1-4H3;1-4H3;7*1H4. The Morgan fingerprint density at radius 2 is 0.459 bits per heavy atom. The molecule has 0 radical (unpaired) electrons. The van der Waals surface area contributed by atoms with Crippen LogP contribution in [0.1, 0.15) is 689 Å². The summed E-state index contributed by atoms with van der Waals surface area (Å²) in [6.07, 6.45) is 36.0. The van der Waals surface area contributed by atoms with Crippen LogP contribution in [0.15, 0.2) is 12.2 Å². The molecule has 0 spiro atoms. The van der Waals surface area contributed by atoms with E-state index in [1.165, 1.54) is 179 Å². The second-order valence-corrected chi connectivity index (χ2v) is 61.2. The fraction of sp³-hybridized carbons (Fsp3) is 0.986. The van der Waals surface area contributed by atoms with E-state index in [-0.39, 0.29) is 52.0 Å². The second-order valence-electron chi connectivity index (χ2n) is 61.2. The average Bonchev–Trinajstić information content (AvgIpc) is 0.865. The van der Waals surface area contributed by atoms with E-state index >= 15 is 0 Å². The molecule has 1 aliphatic carbocycles. The van der Waals surface area contributed by atoms with E-state index in [0.29, 0.717) is 81.2 Å². The molecule has 0 heterocycles. The van der Waals surface area contributed by atoms with Crippen LogP contribution >= 0.6 is 0 Å². The minimum atomic E-state index is 0. The van der Waals surface area contributed by atoms with Crippen LogP contribution in [0.4, 0.5) is 0 Å². The topological polar surface area (TPSA) is 55.4 Å². The summed E-state index contributed by atoms with van der Waals surface area (Å²) in [6, 6.07) is 0. The van der Waals surface area contributed by atoms with Crippen LogP contribution in [0.25, 0.3) is 0 Å². The molecule has 6 nitrogen and oxygen atoms in total. The summed E-state index contributed by atoms with van der Waals surface area (Å²) in [5.74, 6) is 9.91. The van der Waals surface area contributed by atoms with Gasteiger partial charge in [-0.2, -0.15) is 0 Å². The molecule has 6 heteroatoms. The predicted octanol–water partition coefficient (Wildman–Crippen LogP) is 51.9. The number of rotatable bonds is 36. The summed E-state index contributed by atoms with van der Waals surface area (Å²) in [4.78, 5) is 0. The van der Waals surface area contributed by atoms with Crippen LogP contribution in [0.2, 0.25) is 0 Å². The smallest absolute Gasteiger partial charge is 0.0468 e. The lowest BCUT2D eigenvalue weighted by Gasteiger charge is -2.33. The van der Waals surface area contributed by atoms with Crippen LogP contribution in [0.5, 0.6) is 0 Å². The van der Waals surface area contributed by atoms with Crippen molar-refractivity contribution in [2.45, 2.75) is 689 Å². The number of methoxy groups -OCH3 is 3. The molecule has 9 unspecified atom stereocenters. The van der Waals surface area contributed by atoms with Crippen LogP contribution in [-0.4, -0.2) is 80.8 Å². The van der Waals surface area contributed by atoms with Crippen LogP contribution < -0.4 is 0 Å². The van der Waals surface area contributed by atoms with Gasteiger partial charge in [0, 0.05) is 80.8 Å². The zero-order valence-electron chi connectivity index (χ0n) is 114. The molecule has 0 N–H and O–H groups in total. The lowest BCUT2D eigenvalue weighted by molar-refractivity contribution is 0.112. The van der Waals surface area contributed by atoms with Crippen molar-refractivity contribution in [2.24, 2.45) is 152 Å². The zero-order valence-corrected chi connectivity index (χ0v) is 114. The Hall–Kier alpha value is -0.500. The van der Waals surface area contributed by atoms with Gasteiger partial charge in [-0.05, 0) is 251 Å². The maximum absolute atomic E-state index is 5.30. The van der Waals surface area contributed by atoms with E-state index in [9.17, 15) is 0 Å². The van der Waals surface area contributed by atoms with Crippen LogP contribution in [0, 0.1) is 152 Å². The Kier molecular flexibility index (Phi) is 143. The van der Waals surface area contributed by atoms with E-state index in [0.717, 1.165) is 130 Å². The molecule has 0 amide bonds.